The van der Waals surface area contributed by atoms with Gasteiger partial charge >= 0.3 is 0 Å². The van der Waals surface area contributed by atoms with Gasteiger partial charge in [-0.25, -0.2) is 8.78 Å². The van der Waals surface area contributed by atoms with Crippen molar-refractivity contribution in [2.75, 3.05) is 5.32 Å². The minimum absolute atomic E-state index is 0.0583. The lowest BCUT2D eigenvalue weighted by Crippen LogP contribution is -2.11. The molecule has 0 heterocycles. The number of hydrogen-bond donors (Lipinski definition) is 2. The molecule has 0 aromatic heterocycles. The highest BCUT2D eigenvalue weighted by Crippen LogP contribution is 2.28. The molecule has 2 rings (SSSR count). The number of nitrogens with one attached hydrogen (secondary N) is 1. The van der Waals surface area contributed by atoms with E-state index in [1.165, 1.54) is 0 Å². The van der Waals surface area contributed by atoms with Crippen LogP contribution in [0.4, 0.5) is 20.2 Å². The Kier molecular flexibility index (Phi) is 4.20. The SMILES string of the molecule is Cc1cc(Cl)ccc1Nc1c(F)cc(C(N)=S)cc1F. The summed E-state index contributed by atoms with van der Waals surface area (Å²) in [6.45, 7) is 1.79. The molecule has 0 fully saturated rings. The third-order valence-corrected chi connectivity index (χ3v) is 3.25. The summed E-state index contributed by atoms with van der Waals surface area (Å²) in [4.78, 5) is -0.0583. The van der Waals surface area contributed by atoms with Gasteiger partial charge in [-0.15, -0.1) is 0 Å². The molecule has 6 heteroatoms. The second-order valence-corrected chi connectivity index (χ2v) is 5.14. The maximum Gasteiger partial charge on any atom is 0.150 e. The molecule has 0 atom stereocenters. The van der Waals surface area contributed by atoms with Gasteiger partial charge in [-0.05, 0) is 42.8 Å². The van der Waals surface area contributed by atoms with Crippen LogP contribution in [0.5, 0.6) is 0 Å². The highest BCUT2D eigenvalue weighted by atomic mass is 35.5. The number of anilines is 2. The summed E-state index contributed by atoms with van der Waals surface area (Å²) in [7, 11) is 0. The van der Waals surface area contributed by atoms with Crippen molar-refractivity contribution in [2.45, 2.75) is 6.92 Å². The zero-order valence-corrected chi connectivity index (χ0v) is 12.1. The van der Waals surface area contributed by atoms with Crippen LogP contribution in [0.3, 0.4) is 0 Å². The Balaban J connectivity index is 2.41. The molecular formula is C14H11ClF2N2S. The molecule has 0 aliphatic carbocycles. The fourth-order valence-corrected chi connectivity index (χ4v) is 2.08. The van der Waals surface area contributed by atoms with E-state index in [0.717, 1.165) is 17.7 Å². The second kappa shape index (κ2) is 5.73. The predicted octanol–water partition coefficient (Wildman–Crippen LogP) is 4.30. The first-order valence-electron chi connectivity index (χ1n) is 5.70. The summed E-state index contributed by atoms with van der Waals surface area (Å²) in [5.41, 5.74) is 6.59. The molecule has 0 bridgehead atoms. The fourth-order valence-electron chi connectivity index (χ4n) is 1.74. The number of benzene rings is 2. The van der Waals surface area contributed by atoms with E-state index >= 15 is 0 Å². The van der Waals surface area contributed by atoms with Gasteiger partial charge in [0, 0.05) is 16.3 Å². The van der Waals surface area contributed by atoms with Gasteiger partial charge in [0.05, 0.1) is 0 Å². The first-order chi connectivity index (χ1) is 9.38. The van der Waals surface area contributed by atoms with E-state index in [4.69, 9.17) is 29.6 Å². The smallest absolute Gasteiger partial charge is 0.150 e. The first kappa shape index (κ1) is 14.7. The average Bonchev–Trinajstić information content (AvgIpc) is 2.35. The van der Waals surface area contributed by atoms with Crippen molar-refractivity contribution in [3.05, 3.63) is 58.1 Å². The summed E-state index contributed by atoms with van der Waals surface area (Å²) in [6.07, 6.45) is 0. The van der Waals surface area contributed by atoms with Crippen molar-refractivity contribution in [3.8, 4) is 0 Å². The molecule has 104 valence electrons. The second-order valence-electron chi connectivity index (χ2n) is 4.26. The van der Waals surface area contributed by atoms with E-state index in [0.29, 0.717) is 10.7 Å². The van der Waals surface area contributed by atoms with Gasteiger partial charge in [-0.1, -0.05) is 23.8 Å². The van der Waals surface area contributed by atoms with Gasteiger partial charge in [-0.2, -0.15) is 0 Å². The van der Waals surface area contributed by atoms with E-state index in [9.17, 15) is 8.78 Å². The van der Waals surface area contributed by atoms with E-state index < -0.39 is 11.6 Å². The van der Waals surface area contributed by atoms with Crippen LogP contribution in [0.1, 0.15) is 11.1 Å². The van der Waals surface area contributed by atoms with Crippen molar-refractivity contribution in [3.63, 3.8) is 0 Å². The third kappa shape index (κ3) is 3.05. The lowest BCUT2D eigenvalue weighted by atomic mass is 10.1. The summed E-state index contributed by atoms with van der Waals surface area (Å²) in [5, 5.41) is 3.26. The molecule has 2 aromatic carbocycles. The van der Waals surface area contributed by atoms with Gasteiger partial charge < -0.3 is 11.1 Å². The van der Waals surface area contributed by atoms with E-state index in [2.05, 4.69) is 5.32 Å². The Bertz CT molecular complexity index is 666. The minimum Gasteiger partial charge on any atom is -0.389 e. The standard InChI is InChI=1S/C14H11ClF2N2S/c1-7-4-9(15)2-3-12(7)19-13-10(16)5-8(14(18)20)6-11(13)17/h2-6,19H,1H3,(H2,18,20). The molecule has 0 radical (unpaired) electrons. The molecule has 0 unspecified atom stereocenters. The number of thiocarbonyl (C=S) groups is 1. The Morgan fingerprint density at radius 3 is 2.30 bits per heavy atom. The highest BCUT2D eigenvalue weighted by Gasteiger charge is 2.13. The molecule has 3 N–H and O–H groups in total. The van der Waals surface area contributed by atoms with Crippen LogP contribution in [-0.4, -0.2) is 4.99 Å². The molecule has 2 nitrogen and oxygen atoms in total. The Labute approximate surface area is 125 Å². The van der Waals surface area contributed by atoms with Crippen LogP contribution in [0, 0.1) is 18.6 Å². The van der Waals surface area contributed by atoms with Gasteiger partial charge in [0.25, 0.3) is 0 Å². The number of aryl methyl sites for hydroxylation is 1. The third-order valence-electron chi connectivity index (χ3n) is 2.77. The van der Waals surface area contributed by atoms with E-state index in [1.54, 1.807) is 25.1 Å². The monoisotopic (exact) mass is 312 g/mol. The van der Waals surface area contributed by atoms with Crippen molar-refractivity contribution in [2.24, 2.45) is 5.73 Å². The molecule has 0 saturated carbocycles. The molecular weight excluding hydrogens is 302 g/mol. The molecule has 2 aromatic rings. The van der Waals surface area contributed by atoms with Crippen LogP contribution in [0.25, 0.3) is 0 Å². The van der Waals surface area contributed by atoms with E-state index in [-0.39, 0.29) is 16.2 Å². The predicted molar refractivity (Wildman–Crippen MR) is 81.7 cm³/mol. The summed E-state index contributed by atoms with van der Waals surface area (Å²) < 4.78 is 27.8. The number of halogens is 3. The zero-order chi connectivity index (χ0) is 14.9. The van der Waals surface area contributed by atoms with Gasteiger partial charge in [0.1, 0.15) is 22.3 Å². The Morgan fingerprint density at radius 2 is 1.80 bits per heavy atom. The number of rotatable bonds is 3. The Morgan fingerprint density at radius 1 is 1.20 bits per heavy atom. The van der Waals surface area contributed by atoms with Crippen molar-refractivity contribution < 1.29 is 8.78 Å². The van der Waals surface area contributed by atoms with Crippen LogP contribution in [0.15, 0.2) is 30.3 Å². The molecule has 0 aliphatic rings. The number of hydrogen-bond acceptors (Lipinski definition) is 2. The van der Waals surface area contributed by atoms with Gasteiger partial charge in [0.2, 0.25) is 0 Å². The van der Waals surface area contributed by atoms with Crippen molar-refractivity contribution >= 4 is 40.2 Å². The lowest BCUT2D eigenvalue weighted by Gasteiger charge is -2.12. The number of nitrogens with two attached hydrogens (primary N) is 1. The van der Waals surface area contributed by atoms with Crippen molar-refractivity contribution in [1.82, 2.24) is 0 Å². The summed E-state index contributed by atoms with van der Waals surface area (Å²) in [6, 6.07) is 7.18. The molecule has 0 aliphatic heterocycles. The topological polar surface area (TPSA) is 38.0 Å². The quantitative estimate of drug-likeness (QED) is 0.830. The molecule has 0 saturated heterocycles. The van der Waals surface area contributed by atoms with Crippen LogP contribution in [-0.2, 0) is 0 Å². The van der Waals surface area contributed by atoms with Crippen LogP contribution in [0.2, 0.25) is 5.02 Å². The van der Waals surface area contributed by atoms with Crippen molar-refractivity contribution in [1.29, 1.82) is 0 Å². The Hall–Kier alpha value is -1.72. The van der Waals surface area contributed by atoms with Gasteiger partial charge in [0.15, 0.2) is 0 Å². The van der Waals surface area contributed by atoms with Crippen LogP contribution < -0.4 is 11.1 Å². The molecule has 0 spiro atoms. The normalized spacial score (nSPS) is 10.4. The van der Waals surface area contributed by atoms with E-state index in [1.807, 2.05) is 0 Å². The maximum absolute atomic E-state index is 13.9. The highest BCUT2D eigenvalue weighted by molar-refractivity contribution is 7.80. The zero-order valence-electron chi connectivity index (χ0n) is 10.5. The summed E-state index contributed by atoms with van der Waals surface area (Å²) >= 11 is 10.5. The molecule has 0 amide bonds. The maximum atomic E-state index is 13.9. The minimum atomic E-state index is -0.762. The lowest BCUT2D eigenvalue weighted by molar-refractivity contribution is 0.590. The average molecular weight is 313 g/mol. The largest absolute Gasteiger partial charge is 0.389 e. The van der Waals surface area contributed by atoms with Gasteiger partial charge in [-0.3, -0.25) is 0 Å². The first-order valence-corrected chi connectivity index (χ1v) is 6.49. The summed E-state index contributed by atoms with van der Waals surface area (Å²) in [5.74, 6) is -1.52. The molecule has 20 heavy (non-hydrogen) atoms. The fraction of sp³-hybridized carbons (Fsp3) is 0.0714. The van der Waals surface area contributed by atoms with Crippen LogP contribution >= 0.6 is 23.8 Å².